The van der Waals surface area contributed by atoms with E-state index in [9.17, 15) is 0 Å². The molecule has 4 heterocycles. The summed E-state index contributed by atoms with van der Waals surface area (Å²) in [6, 6.07) is 33.8. The van der Waals surface area contributed by atoms with Crippen molar-refractivity contribution in [2.75, 3.05) is 0 Å². The van der Waals surface area contributed by atoms with Gasteiger partial charge in [0.15, 0.2) is 11.4 Å². The van der Waals surface area contributed by atoms with Crippen molar-refractivity contribution < 1.29 is 13.3 Å². The SMILES string of the molecule is Clc1ccc2oc3c(-c4cccc5c4oc4ccccc45)nc(-c4cccc5c4oc4ccccc45)nc3c2c1. The zero-order valence-corrected chi connectivity index (χ0v) is 21.6. The van der Waals surface area contributed by atoms with Crippen molar-refractivity contribution in [3.63, 3.8) is 0 Å². The minimum absolute atomic E-state index is 0.531. The Bertz CT molecular complexity index is 2470. The highest BCUT2D eigenvalue weighted by Crippen LogP contribution is 2.42. The van der Waals surface area contributed by atoms with Gasteiger partial charge in [-0.1, -0.05) is 72.3 Å². The summed E-state index contributed by atoms with van der Waals surface area (Å²) in [6.45, 7) is 0. The van der Waals surface area contributed by atoms with E-state index in [-0.39, 0.29) is 0 Å². The van der Waals surface area contributed by atoms with Gasteiger partial charge in [0, 0.05) is 37.5 Å². The molecule has 188 valence electrons. The van der Waals surface area contributed by atoms with Gasteiger partial charge in [-0.15, -0.1) is 0 Å². The minimum Gasteiger partial charge on any atom is -0.455 e. The summed E-state index contributed by atoms with van der Waals surface area (Å²) in [5.41, 5.74) is 7.32. The molecule has 0 saturated heterocycles. The van der Waals surface area contributed by atoms with Crippen LogP contribution in [-0.2, 0) is 0 Å². The Morgan fingerprint density at radius 2 is 1.05 bits per heavy atom. The molecular weight excluding hydrogens is 520 g/mol. The molecule has 0 aliphatic heterocycles. The van der Waals surface area contributed by atoms with Gasteiger partial charge in [-0.2, -0.15) is 0 Å². The standard InChI is InChI=1S/C34H17ClN2O3/c35-18-15-16-28-25(17-18)30-33(40-28)29(23-11-5-9-21-19-7-1-3-13-26(19)38-31(21)23)36-34(37-30)24-12-6-10-22-20-8-2-4-14-27(20)39-32(22)24/h1-17H. The molecular formula is C34H17ClN2O3. The lowest BCUT2D eigenvalue weighted by molar-refractivity contribution is 0.662. The molecule has 0 atom stereocenters. The van der Waals surface area contributed by atoms with Crippen molar-refractivity contribution in [3.05, 3.63) is 108 Å². The molecule has 0 aliphatic carbocycles. The van der Waals surface area contributed by atoms with Crippen molar-refractivity contribution in [2.24, 2.45) is 0 Å². The van der Waals surface area contributed by atoms with Crippen LogP contribution in [0.5, 0.6) is 0 Å². The van der Waals surface area contributed by atoms with Crippen molar-refractivity contribution in [1.29, 1.82) is 0 Å². The number of halogens is 1. The summed E-state index contributed by atoms with van der Waals surface area (Å²) in [5, 5.41) is 5.55. The first kappa shape index (κ1) is 21.8. The van der Waals surface area contributed by atoms with Gasteiger partial charge in [-0.05, 0) is 42.5 Å². The zero-order chi connectivity index (χ0) is 26.4. The van der Waals surface area contributed by atoms with E-state index in [4.69, 9.17) is 34.8 Å². The normalized spacial score (nSPS) is 12.1. The summed E-state index contributed by atoms with van der Waals surface area (Å²) in [5.74, 6) is 0.531. The third kappa shape index (κ3) is 2.98. The number of fused-ring (bicyclic) bond motifs is 9. The van der Waals surface area contributed by atoms with Crippen LogP contribution >= 0.6 is 11.6 Å². The highest BCUT2D eigenvalue weighted by molar-refractivity contribution is 6.31. The molecule has 9 aromatic rings. The number of furan rings is 3. The van der Waals surface area contributed by atoms with E-state index in [1.54, 1.807) is 0 Å². The fourth-order valence-corrected chi connectivity index (χ4v) is 5.95. The molecule has 40 heavy (non-hydrogen) atoms. The van der Waals surface area contributed by atoms with Crippen molar-refractivity contribution in [2.45, 2.75) is 0 Å². The second kappa shape index (κ2) is 7.94. The monoisotopic (exact) mass is 536 g/mol. The Hall–Kier alpha value is -5.13. The van der Waals surface area contributed by atoms with Crippen LogP contribution in [0.25, 0.3) is 88.6 Å². The fourth-order valence-electron chi connectivity index (χ4n) is 5.78. The number of rotatable bonds is 2. The van der Waals surface area contributed by atoms with E-state index in [2.05, 4.69) is 24.3 Å². The van der Waals surface area contributed by atoms with Crippen LogP contribution in [0.3, 0.4) is 0 Å². The van der Waals surface area contributed by atoms with Crippen LogP contribution < -0.4 is 0 Å². The zero-order valence-electron chi connectivity index (χ0n) is 20.8. The highest BCUT2D eigenvalue weighted by Gasteiger charge is 2.23. The molecule has 0 aliphatic rings. The van der Waals surface area contributed by atoms with Crippen LogP contribution in [0.15, 0.2) is 116 Å². The van der Waals surface area contributed by atoms with E-state index in [1.807, 2.05) is 78.9 Å². The average Bonchev–Trinajstić information content (AvgIpc) is 3.67. The first-order chi connectivity index (χ1) is 19.7. The van der Waals surface area contributed by atoms with Gasteiger partial charge in [0.25, 0.3) is 0 Å². The topological polar surface area (TPSA) is 65.2 Å². The van der Waals surface area contributed by atoms with Gasteiger partial charge in [-0.3, -0.25) is 0 Å². The number of hydrogen-bond acceptors (Lipinski definition) is 5. The predicted molar refractivity (Wildman–Crippen MR) is 160 cm³/mol. The molecule has 5 nitrogen and oxygen atoms in total. The van der Waals surface area contributed by atoms with E-state index in [0.717, 1.165) is 60.4 Å². The molecule has 0 spiro atoms. The van der Waals surface area contributed by atoms with Crippen LogP contribution in [0.4, 0.5) is 0 Å². The third-order valence-electron chi connectivity index (χ3n) is 7.58. The van der Waals surface area contributed by atoms with Crippen LogP contribution in [0.1, 0.15) is 0 Å². The molecule has 0 N–H and O–H groups in total. The summed E-state index contributed by atoms with van der Waals surface area (Å²) < 4.78 is 19.1. The van der Waals surface area contributed by atoms with Gasteiger partial charge in [0.05, 0.1) is 5.56 Å². The van der Waals surface area contributed by atoms with Crippen LogP contribution in [0.2, 0.25) is 5.02 Å². The number of hydrogen-bond donors (Lipinski definition) is 0. The first-order valence-electron chi connectivity index (χ1n) is 12.9. The molecule has 0 unspecified atom stereocenters. The van der Waals surface area contributed by atoms with E-state index >= 15 is 0 Å². The quantitative estimate of drug-likeness (QED) is 0.220. The minimum atomic E-state index is 0.531. The maximum Gasteiger partial charge on any atom is 0.180 e. The second-order valence-electron chi connectivity index (χ2n) is 9.88. The van der Waals surface area contributed by atoms with Crippen LogP contribution in [0, 0.1) is 0 Å². The van der Waals surface area contributed by atoms with Crippen molar-refractivity contribution in [1.82, 2.24) is 9.97 Å². The lowest BCUT2D eigenvalue weighted by Crippen LogP contribution is -1.94. The molecule has 4 aromatic heterocycles. The highest BCUT2D eigenvalue weighted by atomic mass is 35.5. The maximum absolute atomic E-state index is 6.42. The van der Waals surface area contributed by atoms with Gasteiger partial charge in [-0.25, -0.2) is 9.97 Å². The summed E-state index contributed by atoms with van der Waals surface area (Å²) in [7, 11) is 0. The van der Waals surface area contributed by atoms with Gasteiger partial charge in [0.2, 0.25) is 0 Å². The maximum atomic E-state index is 6.42. The second-order valence-corrected chi connectivity index (χ2v) is 10.3. The largest absolute Gasteiger partial charge is 0.455 e. The molecule has 5 aromatic carbocycles. The Labute approximate surface area is 231 Å². The van der Waals surface area contributed by atoms with E-state index in [1.165, 1.54) is 0 Å². The number of para-hydroxylation sites is 4. The number of benzene rings is 5. The molecule has 9 rings (SSSR count). The Morgan fingerprint density at radius 3 is 1.77 bits per heavy atom. The summed E-state index contributed by atoms with van der Waals surface area (Å²) >= 11 is 6.42. The third-order valence-corrected chi connectivity index (χ3v) is 7.81. The molecule has 0 bridgehead atoms. The molecule has 0 saturated carbocycles. The van der Waals surface area contributed by atoms with Crippen molar-refractivity contribution in [3.8, 4) is 22.6 Å². The van der Waals surface area contributed by atoms with Crippen molar-refractivity contribution >= 4 is 77.5 Å². The van der Waals surface area contributed by atoms with Gasteiger partial charge >= 0.3 is 0 Å². The van der Waals surface area contributed by atoms with Gasteiger partial charge in [0.1, 0.15) is 39.1 Å². The van der Waals surface area contributed by atoms with Crippen LogP contribution in [-0.4, -0.2) is 9.97 Å². The summed E-state index contributed by atoms with van der Waals surface area (Å²) in [4.78, 5) is 10.2. The number of nitrogens with zero attached hydrogens (tertiary/aromatic N) is 2. The Balaban J connectivity index is 1.42. The first-order valence-corrected chi connectivity index (χ1v) is 13.3. The van der Waals surface area contributed by atoms with E-state index < -0.39 is 0 Å². The average molecular weight is 537 g/mol. The lowest BCUT2D eigenvalue weighted by Gasteiger charge is -2.07. The number of aromatic nitrogens is 2. The summed E-state index contributed by atoms with van der Waals surface area (Å²) in [6.07, 6.45) is 0. The molecule has 0 fully saturated rings. The predicted octanol–water partition coefficient (Wildman–Crippen LogP) is 10.2. The fraction of sp³-hybridized carbons (Fsp3) is 0. The smallest absolute Gasteiger partial charge is 0.180 e. The molecule has 6 heteroatoms. The Kier molecular flexibility index (Phi) is 4.32. The lowest BCUT2D eigenvalue weighted by atomic mass is 10.0. The molecule has 0 amide bonds. The molecule has 0 radical (unpaired) electrons. The Morgan fingerprint density at radius 1 is 0.475 bits per heavy atom. The van der Waals surface area contributed by atoms with E-state index in [0.29, 0.717) is 33.2 Å². The van der Waals surface area contributed by atoms with Gasteiger partial charge < -0.3 is 13.3 Å².